The Morgan fingerprint density at radius 2 is 2.00 bits per heavy atom. The molecule has 0 atom stereocenters. The van der Waals surface area contributed by atoms with Crippen LogP contribution in [0.1, 0.15) is 27.2 Å². The number of hydrogen-bond donors (Lipinski definition) is 4. The minimum Gasteiger partial charge on any atom is -0.423 e. The van der Waals surface area contributed by atoms with Crippen molar-refractivity contribution in [1.29, 1.82) is 0 Å². The number of benzene rings is 1. The molecule has 6 nitrogen and oxygen atoms in total. The summed E-state index contributed by atoms with van der Waals surface area (Å²) in [5, 5.41) is 20.4. The number of aromatic nitrogens is 1. The summed E-state index contributed by atoms with van der Waals surface area (Å²) in [7, 11) is -1.94. The van der Waals surface area contributed by atoms with Gasteiger partial charge in [0.1, 0.15) is 5.82 Å². The molecule has 0 fully saturated rings. The fraction of sp³-hybridized carbons (Fsp3) is 0.200. The number of amides is 1. The number of carbonyl (C=O) groups is 1. The number of pyridine rings is 1. The first-order valence-electron chi connectivity index (χ1n) is 6.92. The van der Waals surface area contributed by atoms with E-state index in [0.29, 0.717) is 5.56 Å². The van der Waals surface area contributed by atoms with E-state index in [1.807, 2.05) is 0 Å². The van der Waals surface area contributed by atoms with Crippen LogP contribution in [0.15, 0.2) is 29.1 Å². The largest absolute Gasteiger partial charge is 0.491 e. The Morgan fingerprint density at radius 1 is 1.30 bits per heavy atom. The van der Waals surface area contributed by atoms with Crippen LogP contribution in [0.4, 0.5) is 4.39 Å². The Kier molecular flexibility index (Phi) is 4.97. The van der Waals surface area contributed by atoms with E-state index in [4.69, 9.17) is 10.0 Å². The Labute approximate surface area is 132 Å². The summed E-state index contributed by atoms with van der Waals surface area (Å²) in [6.07, 6.45) is 0. The molecule has 1 aromatic carbocycles. The first kappa shape index (κ1) is 16.9. The second-order valence-electron chi connectivity index (χ2n) is 5.24. The lowest BCUT2D eigenvalue weighted by Gasteiger charge is -2.09. The van der Waals surface area contributed by atoms with Crippen molar-refractivity contribution in [1.82, 2.24) is 10.3 Å². The van der Waals surface area contributed by atoms with Crippen molar-refractivity contribution in [2.75, 3.05) is 0 Å². The zero-order chi connectivity index (χ0) is 17.1. The molecule has 0 saturated carbocycles. The average Bonchev–Trinajstić information content (AvgIpc) is 2.45. The van der Waals surface area contributed by atoms with E-state index in [0.717, 1.165) is 23.4 Å². The highest BCUT2D eigenvalue weighted by molar-refractivity contribution is 6.58. The Hall–Kier alpha value is -2.45. The molecule has 120 valence electrons. The van der Waals surface area contributed by atoms with Crippen LogP contribution in [0, 0.1) is 19.7 Å². The lowest BCUT2D eigenvalue weighted by molar-refractivity contribution is 0.0950. The lowest BCUT2D eigenvalue weighted by atomic mass is 9.79. The van der Waals surface area contributed by atoms with Gasteiger partial charge in [-0.25, -0.2) is 4.39 Å². The molecule has 0 radical (unpaired) electrons. The molecule has 23 heavy (non-hydrogen) atoms. The molecule has 0 aliphatic heterocycles. The fourth-order valence-electron chi connectivity index (χ4n) is 2.25. The zero-order valence-corrected chi connectivity index (χ0v) is 12.7. The van der Waals surface area contributed by atoms with Crippen LogP contribution >= 0.6 is 0 Å². The molecule has 0 aliphatic carbocycles. The molecular formula is C15H16BFN2O4. The summed E-state index contributed by atoms with van der Waals surface area (Å²) in [4.78, 5) is 26.5. The molecule has 1 heterocycles. The van der Waals surface area contributed by atoms with Crippen molar-refractivity contribution in [3.05, 3.63) is 62.8 Å². The molecule has 0 unspecified atom stereocenters. The van der Waals surface area contributed by atoms with E-state index < -0.39 is 18.8 Å². The van der Waals surface area contributed by atoms with Gasteiger partial charge in [-0.1, -0.05) is 6.07 Å². The SMILES string of the molecule is Cc1cc(C)c(CNC(=O)c2ccc(B(O)O)c(F)c2)c(=O)[nH]1. The van der Waals surface area contributed by atoms with Crippen molar-refractivity contribution in [3.8, 4) is 0 Å². The van der Waals surface area contributed by atoms with E-state index >= 15 is 0 Å². The summed E-state index contributed by atoms with van der Waals surface area (Å²) in [5.74, 6) is -1.46. The number of hydrogen-bond acceptors (Lipinski definition) is 4. The van der Waals surface area contributed by atoms with Gasteiger partial charge in [-0.2, -0.15) is 0 Å². The molecule has 2 rings (SSSR count). The molecule has 4 N–H and O–H groups in total. The highest BCUT2D eigenvalue weighted by Crippen LogP contribution is 2.05. The predicted molar refractivity (Wildman–Crippen MR) is 83.9 cm³/mol. The number of nitrogens with one attached hydrogen (secondary N) is 2. The molecule has 8 heteroatoms. The van der Waals surface area contributed by atoms with Gasteiger partial charge in [0, 0.05) is 28.8 Å². The van der Waals surface area contributed by atoms with Crippen molar-refractivity contribution < 1.29 is 19.2 Å². The molecule has 1 aromatic heterocycles. The highest BCUT2D eigenvalue weighted by Gasteiger charge is 2.18. The van der Waals surface area contributed by atoms with Gasteiger partial charge in [0.25, 0.3) is 11.5 Å². The number of rotatable bonds is 4. The Morgan fingerprint density at radius 3 is 2.57 bits per heavy atom. The number of halogens is 1. The zero-order valence-electron chi connectivity index (χ0n) is 12.7. The molecule has 0 saturated heterocycles. The van der Waals surface area contributed by atoms with Gasteiger partial charge in [-0.15, -0.1) is 0 Å². The molecule has 0 spiro atoms. The molecule has 1 amide bonds. The van der Waals surface area contributed by atoms with Crippen LogP contribution in [-0.4, -0.2) is 28.1 Å². The molecule has 0 aliphatic rings. The number of aryl methyl sites for hydroxylation is 2. The monoisotopic (exact) mass is 318 g/mol. The molecule has 2 aromatic rings. The predicted octanol–water partition coefficient (Wildman–Crippen LogP) is -0.259. The van der Waals surface area contributed by atoms with Crippen LogP contribution in [0.2, 0.25) is 0 Å². The maximum absolute atomic E-state index is 13.6. The van der Waals surface area contributed by atoms with Crippen LogP contribution in [0.5, 0.6) is 0 Å². The van der Waals surface area contributed by atoms with Gasteiger partial charge in [-0.3, -0.25) is 9.59 Å². The average molecular weight is 318 g/mol. The second kappa shape index (κ2) is 6.76. The van der Waals surface area contributed by atoms with Crippen molar-refractivity contribution in [3.63, 3.8) is 0 Å². The van der Waals surface area contributed by atoms with Crippen molar-refractivity contribution in [2.45, 2.75) is 20.4 Å². The second-order valence-corrected chi connectivity index (χ2v) is 5.24. The highest BCUT2D eigenvalue weighted by atomic mass is 19.1. The van der Waals surface area contributed by atoms with E-state index in [9.17, 15) is 14.0 Å². The third-order valence-corrected chi connectivity index (χ3v) is 3.46. The van der Waals surface area contributed by atoms with Crippen LogP contribution in [0.3, 0.4) is 0 Å². The van der Waals surface area contributed by atoms with E-state index in [-0.39, 0.29) is 23.1 Å². The van der Waals surface area contributed by atoms with E-state index in [2.05, 4.69) is 10.3 Å². The normalized spacial score (nSPS) is 10.5. The van der Waals surface area contributed by atoms with Crippen LogP contribution in [0.25, 0.3) is 0 Å². The van der Waals surface area contributed by atoms with Gasteiger partial charge >= 0.3 is 7.12 Å². The summed E-state index contributed by atoms with van der Waals surface area (Å²) in [5.41, 5.74) is 1.32. The summed E-state index contributed by atoms with van der Waals surface area (Å²) in [6.45, 7) is 3.53. The van der Waals surface area contributed by atoms with Gasteiger partial charge in [0.05, 0.1) is 0 Å². The van der Waals surface area contributed by atoms with Gasteiger partial charge in [-0.05, 0) is 37.6 Å². The third kappa shape index (κ3) is 3.85. The number of aromatic amines is 1. The van der Waals surface area contributed by atoms with Crippen LogP contribution < -0.4 is 16.3 Å². The maximum atomic E-state index is 13.6. The third-order valence-electron chi connectivity index (χ3n) is 3.46. The van der Waals surface area contributed by atoms with E-state index in [1.165, 1.54) is 6.07 Å². The quantitative estimate of drug-likeness (QED) is 0.583. The Bertz CT molecular complexity index is 805. The molecule has 0 bridgehead atoms. The Balaban J connectivity index is 2.15. The number of carbonyl (C=O) groups excluding carboxylic acids is 1. The minimum absolute atomic E-state index is 0.00623. The number of H-pyrrole nitrogens is 1. The first-order valence-corrected chi connectivity index (χ1v) is 6.92. The standard InChI is InChI=1S/C15H16BFN2O4/c1-8-5-9(2)19-15(21)11(8)7-18-14(20)10-3-4-12(16(22)23)13(17)6-10/h3-6,22-23H,7H2,1-2H3,(H,18,20)(H,19,21). The first-order chi connectivity index (χ1) is 10.8. The van der Waals surface area contributed by atoms with Gasteiger partial charge < -0.3 is 20.3 Å². The van der Waals surface area contributed by atoms with Gasteiger partial charge in [0.15, 0.2) is 0 Å². The molecular weight excluding hydrogens is 302 g/mol. The van der Waals surface area contributed by atoms with Crippen molar-refractivity contribution >= 4 is 18.5 Å². The smallest absolute Gasteiger partial charge is 0.423 e. The van der Waals surface area contributed by atoms with Crippen molar-refractivity contribution in [2.24, 2.45) is 0 Å². The topological polar surface area (TPSA) is 102 Å². The summed E-state index contributed by atoms with van der Waals surface area (Å²) >= 11 is 0. The maximum Gasteiger partial charge on any atom is 0.491 e. The van der Waals surface area contributed by atoms with E-state index in [1.54, 1.807) is 19.9 Å². The minimum atomic E-state index is -1.94. The summed E-state index contributed by atoms with van der Waals surface area (Å²) < 4.78 is 13.6. The lowest BCUT2D eigenvalue weighted by Crippen LogP contribution is -2.33. The van der Waals surface area contributed by atoms with Gasteiger partial charge in [0.2, 0.25) is 0 Å². The fourth-order valence-corrected chi connectivity index (χ4v) is 2.25. The van der Waals surface area contributed by atoms with Crippen LogP contribution in [-0.2, 0) is 6.54 Å². The summed E-state index contributed by atoms with van der Waals surface area (Å²) in [6, 6.07) is 5.11.